The number of amides is 1. The lowest BCUT2D eigenvalue weighted by atomic mass is 10.1. The molecule has 6 nitrogen and oxygen atoms in total. The van der Waals surface area contributed by atoms with Crippen LogP contribution in [0.4, 0.5) is 23.7 Å². The van der Waals surface area contributed by atoms with Gasteiger partial charge in [-0.25, -0.2) is 4.79 Å². The molecular weight excluding hydrogens is 571 g/mol. The summed E-state index contributed by atoms with van der Waals surface area (Å²) in [6.45, 7) is 7.12. The fourth-order valence-electron chi connectivity index (χ4n) is 3.36. The summed E-state index contributed by atoms with van der Waals surface area (Å²) in [4.78, 5) is 15.8. The van der Waals surface area contributed by atoms with Crippen molar-refractivity contribution in [3.05, 3.63) is 89.0 Å². The Hall–Kier alpha value is -3.51. The number of benzene rings is 3. The van der Waals surface area contributed by atoms with Crippen LogP contribution in [-0.4, -0.2) is 34.2 Å². The lowest BCUT2D eigenvalue weighted by Crippen LogP contribution is -2.24. The van der Waals surface area contributed by atoms with Crippen molar-refractivity contribution in [2.45, 2.75) is 36.9 Å². The van der Waals surface area contributed by atoms with Crippen molar-refractivity contribution in [3.63, 3.8) is 0 Å². The summed E-state index contributed by atoms with van der Waals surface area (Å²) in [6.07, 6.45) is 2.38. The average molecular weight is 604 g/mol. The first kappa shape index (κ1) is 32.0. The summed E-state index contributed by atoms with van der Waals surface area (Å²) in [5, 5.41) is 2.75. The van der Waals surface area contributed by atoms with Gasteiger partial charge >= 0.3 is 12.5 Å². The fourth-order valence-corrected chi connectivity index (χ4v) is 4.51. The molecule has 0 aromatic heterocycles. The second-order valence-corrected chi connectivity index (χ2v) is 16.5. The molecule has 3 rings (SSSR count). The van der Waals surface area contributed by atoms with E-state index >= 15 is 0 Å². The fraction of sp³-hybridized carbons (Fsp3) is 0.233. The van der Waals surface area contributed by atoms with E-state index in [0.29, 0.717) is 35.0 Å². The number of nitrogens with one attached hydrogen (secondary N) is 1. The topological polar surface area (TPSA) is 66.0 Å². The number of hydrogen-bond acceptors (Lipinski definition) is 6. The standard InChI is InChI=1S/C30H32F3NO5SSi/c1-36-28-21-24(6-5-22-11-17-27(18-12-22)40-39-38-30(31,32)33)8-14-25(28)13-7-23-9-15-26(16-10-23)34-29(35)37-19-20-41(2,3)4/h5-18,21H,19-20H2,1-4H3,(H,34,35). The van der Waals surface area contributed by atoms with Crippen molar-refractivity contribution < 1.29 is 36.7 Å². The molecule has 0 atom stereocenters. The first-order valence-corrected chi connectivity index (χ1v) is 17.1. The number of alkyl halides is 3. The van der Waals surface area contributed by atoms with Crippen molar-refractivity contribution in [1.82, 2.24) is 0 Å². The van der Waals surface area contributed by atoms with Crippen LogP contribution in [0.5, 0.6) is 5.75 Å². The number of ether oxygens (including phenoxy) is 2. The number of methoxy groups -OCH3 is 1. The van der Waals surface area contributed by atoms with Crippen molar-refractivity contribution in [2.75, 3.05) is 19.0 Å². The van der Waals surface area contributed by atoms with E-state index in [1.165, 1.54) is 0 Å². The van der Waals surface area contributed by atoms with Crippen molar-refractivity contribution >= 4 is 56.2 Å². The molecule has 41 heavy (non-hydrogen) atoms. The maximum atomic E-state index is 12.0. The Kier molecular flexibility index (Phi) is 11.7. The Morgan fingerprint density at radius 1 is 0.878 bits per heavy atom. The second kappa shape index (κ2) is 14.9. The van der Waals surface area contributed by atoms with Gasteiger partial charge in [-0.15, -0.1) is 18.1 Å². The van der Waals surface area contributed by atoms with E-state index in [4.69, 9.17) is 9.47 Å². The Balaban J connectivity index is 1.55. The molecule has 0 heterocycles. The molecule has 0 radical (unpaired) electrons. The Labute approximate surface area is 243 Å². The minimum absolute atomic E-state index is 0.425. The second-order valence-electron chi connectivity index (χ2n) is 10.1. The highest BCUT2D eigenvalue weighted by atomic mass is 32.2. The van der Waals surface area contributed by atoms with Crippen LogP contribution in [0.2, 0.25) is 25.7 Å². The SMILES string of the molecule is COc1cc(C=Cc2ccc(SOOC(F)(F)F)cc2)ccc1C=Cc1ccc(NC(=O)OCC[Si](C)(C)C)cc1. The third-order valence-electron chi connectivity index (χ3n) is 5.56. The normalized spacial score (nSPS) is 12.2. The van der Waals surface area contributed by atoms with Gasteiger partial charge in [0.2, 0.25) is 0 Å². The van der Waals surface area contributed by atoms with Crippen LogP contribution in [-0.2, 0) is 14.0 Å². The monoisotopic (exact) mass is 603 g/mol. The van der Waals surface area contributed by atoms with Crippen molar-refractivity contribution in [3.8, 4) is 5.75 Å². The molecular formula is C30H32F3NO5SSi. The first-order valence-electron chi connectivity index (χ1n) is 12.7. The van der Waals surface area contributed by atoms with Gasteiger partial charge in [0.25, 0.3) is 0 Å². The van der Waals surface area contributed by atoms with Crippen LogP contribution in [0.3, 0.4) is 0 Å². The van der Waals surface area contributed by atoms with Gasteiger partial charge in [-0.1, -0.05) is 80.3 Å². The number of rotatable bonds is 12. The Bertz CT molecular complexity index is 1340. The summed E-state index contributed by atoms with van der Waals surface area (Å²) in [5.41, 5.74) is 4.26. The number of hydrogen-bond donors (Lipinski definition) is 1. The van der Waals surface area contributed by atoms with Crippen LogP contribution in [0.25, 0.3) is 24.3 Å². The lowest BCUT2D eigenvalue weighted by Gasteiger charge is -2.15. The summed E-state index contributed by atoms with van der Waals surface area (Å²) in [7, 11) is 0.345. The first-order chi connectivity index (χ1) is 19.4. The molecule has 0 saturated heterocycles. The molecule has 11 heteroatoms. The zero-order valence-corrected chi connectivity index (χ0v) is 25.0. The van der Waals surface area contributed by atoms with Crippen molar-refractivity contribution in [1.29, 1.82) is 0 Å². The summed E-state index contributed by atoms with van der Waals surface area (Å²) >= 11 is 0.476. The van der Waals surface area contributed by atoms with E-state index < -0.39 is 20.5 Å². The predicted molar refractivity (Wildman–Crippen MR) is 161 cm³/mol. The molecule has 0 aliphatic rings. The minimum Gasteiger partial charge on any atom is -0.496 e. The van der Waals surface area contributed by atoms with Gasteiger partial charge in [-0.2, -0.15) is 4.33 Å². The van der Waals surface area contributed by atoms with Gasteiger partial charge in [-0.3, -0.25) is 5.32 Å². The van der Waals surface area contributed by atoms with Crippen LogP contribution in [0.1, 0.15) is 22.3 Å². The molecule has 0 bridgehead atoms. The highest BCUT2D eigenvalue weighted by molar-refractivity contribution is 7.94. The van der Waals surface area contributed by atoms with E-state index in [0.717, 1.165) is 28.3 Å². The maximum absolute atomic E-state index is 12.0. The molecule has 1 N–H and O–H groups in total. The smallest absolute Gasteiger partial charge is 0.496 e. The van der Waals surface area contributed by atoms with E-state index in [2.05, 4.69) is 34.2 Å². The molecule has 0 aliphatic heterocycles. The molecule has 0 spiro atoms. The highest BCUT2D eigenvalue weighted by Crippen LogP contribution is 2.27. The van der Waals surface area contributed by atoms with Crippen LogP contribution >= 0.6 is 12.0 Å². The maximum Gasteiger partial charge on any atom is 0.550 e. The van der Waals surface area contributed by atoms with Gasteiger partial charge < -0.3 is 9.47 Å². The number of carbonyl (C=O) groups is 1. The van der Waals surface area contributed by atoms with Crippen LogP contribution < -0.4 is 10.1 Å². The lowest BCUT2D eigenvalue weighted by molar-refractivity contribution is -0.440. The van der Waals surface area contributed by atoms with E-state index in [9.17, 15) is 18.0 Å². The zero-order valence-electron chi connectivity index (χ0n) is 23.2. The Morgan fingerprint density at radius 2 is 1.46 bits per heavy atom. The van der Waals surface area contributed by atoms with E-state index in [-0.39, 0.29) is 0 Å². The summed E-state index contributed by atoms with van der Waals surface area (Å²) in [6, 6.07) is 20.9. The summed E-state index contributed by atoms with van der Waals surface area (Å²) in [5.74, 6) is 0.691. The molecule has 1 amide bonds. The number of anilines is 1. The number of carbonyl (C=O) groups excluding carboxylic acids is 1. The predicted octanol–water partition coefficient (Wildman–Crippen LogP) is 9.40. The Morgan fingerprint density at radius 3 is 2.07 bits per heavy atom. The van der Waals surface area contributed by atoms with Crippen LogP contribution in [0.15, 0.2) is 71.6 Å². The molecule has 3 aromatic carbocycles. The third kappa shape index (κ3) is 12.3. The third-order valence-corrected chi connectivity index (χ3v) is 7.87. The van der Waals surface area contributed by atoms with Gasteiger partial charge in [0.1, 0.15) is 5.75 Å². The van der Waals surface area contributed by atoms with Gasteiger partial charge in [-0.05, 0) is 53.1 Å². The van der Waals surface area contributed by atoms with E-state index in [1.807, 2.05) is 66.8 Å². The quantitative estimate of drug-likeness (QED) is 0.0732. The highest BCUT2D eigenvalue weighted by Gasteiger charge is 2.31. The average Bonchev–Trinajstić information content (AvgIpc) is 2.91. The van der Waals surface area contributed by atoms with Gasteiger partial charge in [0.15, 0.2) is 0 Å². The molecule has 0 aliphatic carbocycles. The van der Waals surface area contributed by atoms with Crippen molar-refractivity contribution in [2.24, 2.45) is 0 Å². The number of halogens is 3. The minimum atomic E-state index is -4.85. The largest absolute Gasteiger partial charge is 0.550 e. The zero-order chi connectivity index (χ0) is 29.9. The van der Waals surface area contributed by atoms with Gasteiger partial charge in [0.05, 0.1) is 25.8 Å². The van der Waals surface area contributed by atoms with Gasteiger partial charge in [0, 0.05) is 24.2 Å². The molecule has 0 fully saturated rings. The van der Waals surface area contributed by atoms with Crippen LogP contribution in [0, 0.1) is 0 Å². The molecule has 3 aromatic rings. The molecule has 0 saturated carbocycles. The summed E-state index contributed by atoms with van der Waals surface area (Å²) < 4.78 is 50.9. The molecule has 218 valence electrons. The van der Waals surface area contributed by atoms with E-state index in [1.54, 1.807) is 31.4 Å². The molecule has 0 unspecified atom stereocenters.